The maximum atomic E-state index is 2.60. The first-order valence-electron chi connectivity index (χ1n) is 10.8. The molecule has 2 nitrogen and oxygen atoms in total. The Morgan fingerprint density at radius 3 is 1.04 bits per heavy atom. The Balaban J connectivity index is 1.96. The number of para-hydroxylation sites is 2. The number of hydrogen-bond acceptors (Lipinski definition) is 2. The molecular formula is C25H37N2P. The van der Waals surface area contributed by atoms with Gasteiger partial charge in [-0.1, -0.05) is 91.8 Å². The van der Waals surface area contributed by atoms with Crippen molar-refractivity contribution in [3.63, 3.8) is 0 Å². The summed E-state index contributed by atoms with van der Waals surface area (Å²) in [6.07, 6.45) is 0. The van der Waals surface area contributed by atoms with Crippen LogP contribution in [0, 0.1) is 0 Å². The lowest BCUT2D eigenvalue weighted by Crippen LogP contribution is -2.43. The van der Waals surface area contributed by atoms with Gasteiger partial charge >= 0.3 is 0 Å². The molecule has 1 aliphatic heterocycles. The van der Waals surface area contributed by atoms with Gasteiger partial charge in [-0.15, -0.1) is 0 Å². The van der Waals surface area contributed by atoms with Crippen molar-refractivity contribution in [1.29, 1.82) is 0 Å². The van der Waals surface area contributed by atoms with E-state index in [0.29, 0.717) is 32.6 Å². The third kappa shape index (κ3) is 3.94. The molecule has 0 radical (unpaired) electrons. The zero-order valence-electron chi connectivity index (χ0n) is 18.9. The Morgan fingerprint density at radius 2 is 0.821 bits per heavy atom. The van der Waals surface area contributed by atoms with Crippen molar-refractivity contribution in [1.82, 2.24) is 0 Å². The third-order valence-corrected chi connectivity index (χ3v) is 6.96. The molecule has 0 bridgehead atoms. The van der Waals surface area contributed by atoms with E-state index >= 15 is 0 Å². The molecule has 1 heterocycles. The van der Waals surface area contributed by atoms with Gasteiger partial charge in [-0.25, -0.2) is 0 Å². The predicted octanol–water partition coefficient (Wildman–Crippen LogP) is 7.97. The second-order valence-corrected chi connectivity index (χ2v) is 10.6. The third-order valence-electron chi connectivity index (χ3n) is 5.75. The Hall–Kier alpha value is -1.53. The summed E-state index contributed by atoms with van der Waals surface area (Å²) in [5.74, 6) is 2.17. The van der Waals surface area contributed by atoms with Crippen molar-refractivity contribution >= 4 is 20.3 Å². The molecule has 2 aromatic rings. The highest BCUT2D eigenvalue weighted by atomic mass is 31.1. The van der Waals surface area contributed by atoms with Gasteiger partial charge in [0.25, 0.3) is 0 Å². The molecule has 28 heavy (non-hydrogen) atoms. The number of rotatable bonds is 6. The van der Waals surface area contributed by atoms with Crippen LogP contribution in [0.1, 0.15) is 101 Å². The topological polar surface area (TPSA) is 6.48 Å². The minimum atomic E-state index is 0.543. The molecule has 1 aliphatic rings. The minimum Gasteiger partial charge on any atom is -0.317 e. The average Bonchev–Trinajstić information content (AvgIpc) is 2.59. The van der Waals surface area contributed by atoms with E-state index in [4.69, 9.17) is 0 Å². The minimum absolute atomic E-state index is 0.543. The van der Waals surface area contributed by atoms with Crippen molar-refractivity contribution in [2.45, 2.75) is 79.1 Å². The molecule has 0 spiro atoms. The van der Waals surface area contributed by atoms with E-state index in [1.807, 2.05) is 0 Å². The molecule has 0 amide bonds. The fraction of sp³-hybridized carbons (Fsp3) is 0.520. The molecule has 0 atom stereocenters. The number of nitrogens with zero attached hydrogens (tertiary/aromatic N) is 2. The van der Waals surface area contributed by atoms with Gasteiger partial charge in [0.2, 0.25) is 0 Å². The summed E-state index contributed by atoms with van der Waals surface area (Å²) in [5.41, 5.74) is 8.91. The smallest absolute Gasteiger partial charge is 0.100 e. The standard InChI is InChI=1S/C25H37N2P/c1-16(2)20-11-9-12-21(17(3)4)24(20)26-15-27(28-26)25-22(18(5)6)13-10-14-23(25)19(7)8/h9-14,16-19,28H,15H2,1-8H3. The quantitative estimate of drug-likeness (QED) is 0.457. The van der Waals surface area contributed by atoms with Crippen LogP contribution in [-0.4, -0.2) is 6.67 Å². The van der Waals surface area contributed by atoms with Crippen LogP contribution in [0.25, 0.3) is 0 Å². The van der Waals surface area contributed by atoms with Crippen LogP contribution >= 0.6 is 8.88 Å². The first-order valence-corrected chi connectivity index (χ1v) is 11.7. The van der Waals surface area contributed by atoms with Gasteiger partial charge in [-0.05, 0) is 45.9 Å². The summed E-state index contributed by atoms with van der Waals surface area (Å²) in [7, 11) is 0.681. The summed E-state index contributed by atoms with van der Waals surface area (Å²) < 4.78 is 5.21. The van der Waals surface area contributed by atoms with Crippen molar-refractivity contribution in [2.24, 2.45) is 0 Å². The van der Waals surface area contributed by atoms with Gasteiger partial charge in [0.05, 0.1) is 8.88 Å². The summed E-state index contributed by atoms with van der Waals surface area (Å²) >= 11 is 0. The van der Waals surface area contributed by atoms with Crippen LogP contribution in [-0.2, 0) is 0 Å². The summed E-state index contributed by atoms with van der Waals surface area (Å²) in [4.78, 5) is 0. The van der Waals surface area contributed by atoms with E-state index in [1.165, 1.54) is 33.6 Å². The second-order valence-electron chi connectivity index (χ2n) is 9.29. The zero-order valence-corrected chi connectivity index (χ0v) is 19.9. The van der Waals surface area contributed by atoms with Gasteiger partial charge in [-0.2, -0.15) is 0 Å². The van der Waals surface area contributed by atoms with Crippen molar-refractivity contribution in [3.05, 3.63) is 58.7 Å². The first-order chi connectivity index (χ1) is 13.2. The van der Waals surface area contributed by atoms with Crippen LogP contribution in [0.15, 0.2) is 36.4 Å². The molecule has 3 rings (SSSR count). The van der Waals surface area contributed by atoms with Crippen molar-refractivity contribution in [2.75, 3.05) is 16.0 Å². The highest BCUT2D eigenvalue weighted by molar-refractivity contribution is 7.44. The fourth-order valence-corrected chi connectivity index (χ4v) is 5.35. The van der Waals surface area contributed by atoms with Crippen LogP contribution in [0.4, 0.5) is 11.4 Å². The van der Waals surface area contributed by atoms with E-state index in [1.54, 1.807) is 0 Å². The average molecular weight is 397 g/mol. The highest BCUT2D eigenvalue weighted by Crippen LogP contribution is 2.51. The predicted molar refractivity (Wildman–Crippen MR) is 127 cm³/mol. The lowest BCUT2D eigenvalue weighted by Gasteiger charge is -2.48. The van der Waals surface area contributed by atoms with Crippen LogP contribution in [0.5, 0.6) is 0 Å². The summed E-state index contributed by atoms with van der Waals surface area (Å²) in [6, 6.07) is 13.8. The number of hydrogen-bond donors (Lipinski definition) is 0. The number of anilines is 2. The molecule has 2 aromatic carbocycles. The van der Waals surface area contributed by atoms with Crippen LogP contribution in [0.2, 0.25) is 0 Å². The SMILES string of the molecule is CC(C)c1cccc(C(C)C)c1N1CN(c2c(C(C)C)cccc2C(C)C)P1. The Morgan fingerprint density at radius 1 is 0.571 bits per heavy atom. The van der Waals surface area contributed by atoms with Gasteiger partial charge in [0, 0.05) is 11.4 Å². The molecular weight excluding hydrogens is 359 g/mol. The maximum absolute atomic E-state index is 2.60. The monoisotopic (exact) mass is 396 g/mol. The van der Waals surface area contributed by atoms with Crippen molar-refractivity contribution < 1.29 is 0 Å². The summed E-state index contributed by atoms with van der Waals surface area (Å²) in [5, 5.41) is 0. The van der Waals surface area contributed by atoms with E-state index in [0.717, 1.165) is 6.67 Å². The van der Waals surface area contributed by atoms with E-state index in [2.05, 4.69) is 101 Å². The van der Waals surface area contributed by atoms with E-state index < -0.39 is 0 Å². The first kappa shape index (κ1) is 21.2. The van der Waals surface area contributed by atoms with Gasteiger partial charge in [0.1, 0.15) is 6.67 Å². The molecule has 152 valence electrons. The van der Waals surface area contributed by atoms with E-state index in [-0.39, 0.29) is 0 Å². The molecule has 0 saturated carbocycles. The Labute approximate surface area is 174 Å². The van der Waals surface area contributed by atoms with Crippen LogP contribution in [0.3, 0.4) is 0 Å². The van der Waals surface area contributed by atoms with E-state index in [9.17, 15) is 0 Å². The van der Waals surface area contributed by atoms with Crippen molar-refractivity contribution in [3.8, 4) is 0 Å². The number of benzene rings is 2. The molecule has 0 aromatic heterocycles. The molecule has 1 saturated heterocycles. The molecule has 0 unspecified atom stereocenters. The van der Waals surface area contributed by atoms with Gasteiger partial charge in [0.15, 0.2) is 0 Å². The molecule has 1 fully saturated rings. The van der Waals surface area contributed by atoms with Crippen LogP contribution < -0.4 is 9.34 Å². The zero-order chi connectivity index (χ0) is 20.6. The lowest BCUT2D eigenvalue weighted by atomic mass is 9.92. The molecule has 3 heteroatoms. The van der Waals surface area contributed by atoms with Gasteiger partial charge in [-0.3, -0.25) is 0 Å². The largest absolute Gasteiger partial charge is 0.317 e. The lowest BCUT2D eigenvalue weighted by molar-refractivity contribution is 0.799. The normalized spacial score (nSPS) is 14.6. The Kier molecular flexibility index (Phi) is 6.40. The van der Waals surface area contributed by atoms with Gasteiger partial charge < -0.3 is 9.34 Å². The summed E-state index contributed by atoms with van der Waals surface area (Å²) in [6.45, 7) is 19.5. The highest BCUT2D eigenvalue weighted by Gasteiger charge is 2.32. The second kappa shape index (κ2) is 8.46. The molecule has 0 aliphatic carbocycles. The fourth-order valence-electron chi connectivity index (χ4n) is 4.16. The maximum Gasteiger partial charge on any atom is 0.100 e. The Bertz CT molecular complexity index is 697. The molecule has 0 N–H and O–H groups in total.